The second kappa shape index (κ2) is 8.02. The summed E-state index contributed by atoms with van der Waals surface area (Å²) in [7, 11) is -3.43. The number of carbonyl (C=O) groups excluding carboxylic acids is 1. The van der Waals surface area contributed by atoms with Gasteiger partial charge in [0.1, 0.15) is 28.5 Å². The first-order valence-corrected chi connectivity index (χ1v) is 9.59. The zero-order valence-corrected chi connectivity index (χ0v) is 16.4. The van der Waals surface area contributed by atoms with Gasteiger partial charge in [-0.2, -0.15) is 23.2 Å². The van der Waals surface area contributed by atoms with Gasteiger partial charge in [-0.1, -0.05) is 11.6 Å². The number of nitrogens with one attached hydrogen (secondary N) is 2. The lowest BCUT2D eigenvalue weighted by molar-refractivity contribution is -0.147. The van der Waals surface area contributed by atoms with Crippen LogP contribution in [0.5, 0.6) is 0 Å². The fourth-order valence-corrected chi connectivity index (χ4v) is 4.19. The highest BCUT2D eigenvalue weighted by Gasteiger charge is 2.40. The Morgan fingerprint density at radius 1 is 1.34 bits per heavy atom. The maximum absolute atomic E-state index is 13.4. The smallest absolute Gasteiger partial charge is 0.344 e. The van der Waals surface area contributed by atoms with Crippen molar-refractivity contribution in [3.05, 3.63) is 46.5 Å². The molecule has 0 radical (unpaired) electrons. The predicted molar refractivity (Wildman–Crippen MR) is 95.3 cm³/mol. The van der Waals surface area contributed by atoms with Crippen LogP contribution < -0.4 is 10.0 Å². The molecule has 29 heavy (non-hydrogen) atoms. The molecule has 1 aromatic carbocycles. The molecular formula is C16H13ClF4N4O3S. The maximum Gasteiger partial charge on any atom is 0.404 e. The molecule has 2 N–H and O–H groups in total. The zero-order valence-electron chi connectivity index (χ0n) is 14.8. The van der Waals surface area contributed by atoms with Gasteiger partial charge in [0.05, 0.1) is 10.6 Å². The van der Waals surface area contributed by atoms with Gasteiger partial charge in [0.25, 0.3) is 5.91 Å². The molecule has 156 valence electrons. The highest BCUT2D eigenvalue weighted by atomic mass is 35.5. The Kier molecular flexibility index (Phi) is 6.27. The van der Waals surface area contributed by atoms with E-state index < -0.39 is 43.9 Å². The average molecular weight is 453 g/mol. The lowest BCUT2D eigenvalue weighted by Crippen LogP contribution is -2.42. The number of alkyl halides is 3. The van der Waals surface area contributed by atoms with Crippen LogP contribution in [0, 0.1) is 17.1 Å². The van der Waals surface area contributed by atoms with Crippen molar-refractivity contribution in [3.63, 3.8) is 0 Å². The number of hydrogen-bond donors (Lipinski definition) is 2. The molecule has 2 aromatic rings. The second-order valence-electron chi connectivity index (χ2n) is 5.91. The molecule has 1 aromatic heterocycles. The molecule has 0 spiro atoms. The Morgan fingerprint density at radius 2 is 1.97 bits per heavy atom. The molecule has 0 aliphatic rings. The van der Waals surface area contributed by atoms with Crippen LogP contribution in [0.25, 0.3) is 0 Å². The van der Waals surface area contributed by atoms with E-state index >= 15 is 0 Å². The molecule has 0 saturated heterocycles. The van der Waals surface area contributed by atoms with Crippen molar-refractivity contribution in [3.8, 4) is 6.07 Å². The van der Waals surface area contributed by atoms with E-state index in [4.69, 9.17) is 16.9 Å². The lowest BCUT2D eigenvalue weighted by Gasteiger charge is -2.16. The molecule has 0 aliphatic carbocycles. The van der Waals surface area contributed by atoms with Gasteiger partial charge in [0.15, 0.2) is 0 Å². The molecule has 0 bridgehead atoms. The Morgan fingerprint density at radius 3 is 2.52 bits per heavy atom. The van der Waals surface area contributed by atoms with E-state index in [9.17, 15) is 30.8 Å². The molecule has 1 atom stereocenters. The molecule has 0 aliphatic heterocycles. The first kappa shape index (κ1) is 22.7. The number of sulfonamides is 1. The molecule has 0 saturated carbocycles. The van der Waals surface area contributed by atoms with Crippen LogP contribution >= 0.6 is 11.6 Å². The van der Waals surface area contributed by atoms with Crippen LogP contribution in [0.1, 0.15) is 23.0 Å². The average Bonchev–Trinajstić information content (AvgIpc) is 2.90. The molecule has 0 fully saturated rings. The topological polar surface area (TPSA) is 104 Å². The minimum Gasteiger partial charge on any atom is -0.344 e. The number of aryl methyl sites for hydroxylation is 1. The summed E-state index contributed by atoms with van der Waals surface area (Å²) >= 11 is 5.96. The van der Waals surface area contributed by atoms with Crippen LogP contribution in [0.2, 0.25) is 5.02 Å². The van der Waals surface area contributed by atoms with E-state index in [1.54, 1.807) is 6.07 Å². The number of benzene rings is 1. The lowest BCUT2D eigenvalue weighted by atomic mass is 10.2. The van der Waals surface area contributed by atoms with Gasteiger partial charge in [-0.25, -0.2) is 12.8 Å². The number of carbonyl (C=O) groups is 1. The van der Waals surface area contributed by atoms with Crippen molar-refractivity contribution in [1.82, 2.24) is 9.29 Å². The van der Waals surface area contributed by atoms with Crippen molar-refractivity contribution in [2.24, 2.45) is 7.05 Å². The van der Waals surface area contributed by atoms with Crippen molar-refractivity contribution >= 4 is 33.2 Å². The second-order valence-corrected chi connectivity index (χ2v) is 7.97. The van der Waals surface area contributed by atoms with Crippen molar-refractivity contribution in [2.45, 2.75) is 24.0 Å². The molecule has 1 unspecified atom stereocenters. The molecule has 13 heteroatoms. The summed E-state index contributed by atoms with van der Waals surface area (Å²) in [6.45, 7) is 0.614. The molecular weight excluding hydrogens is 440 g/mol. The van der Waals surface area contributed by atoms with Crippen LogP contribution in [0.4, 0.5) is 23.2 Å². The van der Waals surface area contributed by atoms with Gasteiger partial charge in [-0.15, -0.1) is 0 Å². The molecule has 1 amide bonds. The summed E-state index contributed by atoms with van der Waals surface area (Å²) < 4.78 is 78.3. The largest absolute Gasteiger partial charge is 0.404 e. The van der Waals surface area contributed by atoms with Crippen LogP contribution in [0.3, 0.4) is 0 Å². The van der Waals surface area contributed by atoms with E-state index in [1.165, 1.54) is 11.8 Å². The number of hydrogen-bond acceptors (Lipinski definition) is 4. The monoisotopic (exact) mass is 452 g/mol. The zero-order chi connectivity index (χ0) is 22.1. The summed E-state index contributed by atoms with van der Waals surface area (Å²) in [6.07, 6.45) is -3.94. The van der Waals surface area contributed by atoms with Crippen LogP contribution in [-0.4, -0.2) is 31.1 Å². The highest BCUT2D eigenvalue weighted by Crippen LogP contribution is 2.29. The first-order valence-electron chi connectivity index (χ1n) is 7.72. The third kappa shape index (κ3) is 4.87. The highest BCUT2D eigenvalue weighted by molar-refractivity contribution is 7.89. The number of rotatable bonds is 5. The van der Waals surface area contributed by atoms with E-state index in [0.29, 0.717) is 6.92 Å². The van der Waals surface area contributed by atoms with Crippen LogP contribution in [0.15, 0.2) is 29.3 Å². The third-order valence-electron chi connectivity index (χ3n) is 3.76. The van der Waals surface area contributed by atoms with E-state index in [0.717, 1.165) is 29.0 Å². The fraction of sp³-hybridized carbons (Fsp3) is 0.250. The molecule has 1 heterocycles. The Labute approximate surface area is 167 Å². The minimum atomic E-state index is -4.82. The van der Waals surface area contributed by atoms with Gasteiger partial charge in [0, 0.05) is 18.9 Å². The van der Waals surface area contributed by atoms with Gasteiger partial charge in [0.2, 0.25) is 10.0 Å². The molecule has 2 rings (SSSR count). The number of anilines is 1. The standard InChI is InChI=1S/C16H13ClF4N4O3S/c1-8(16(19,20)21)24-29(27,28)12-7-25(2)14(13(12)17)15(26)23-10-3-4-11(18)9(5-10)6-22/h3-5,7-8,24H,1-2H3,(H,23,26). The van der Waals surface area contributed by atoms with Crippen LogP contribution in [-0.2, 0) is 17.1 Å². The maximum atomic E-state index is 13.4. The molecule has 7 nitrogen and oxygen atoms in total. The number of nitriles is 1. The SMILES string of the molecule is CC(NS(=O)(=O)c1cn(C)c(C(=O)Nc2ccc(F)c(C#N)c2)c1Cl)C(F)(F)F. The third-order valence-corrected chi connectivity index (χ3v) is 5.81. The van der Waals surface area contributed by atoms with Gasteiger partial charge in [-0.05, 0) is 25.1 Å². The van der Waals surface area contributed by atoms with Crippen molar-refractivity contribution in [1.29, 1.82) is 5.26 Å². The van der Waals surface area contributed by atoms with Gasteiger partial charge < -0.3 is 9.88 Å². The minimum absolute atomic E-state index is 0.0263. The Bertz CT molecular complexity index is 1110. The van der Waals surface area contributed by atoms with Gasteiger partial charge in [-0.3, -0.25) is 4.79 Å². The summed E-state index contributed by atoms with van der Waals surface area (Å²) in [5.74, 6) is -1.72. The summed E-state index contributed by atoms with van der Waals surface area (Å²) in [4.78, 5) is 11.8. The fourth-order valence-electron chi connectivity index (χ4n) is 2.26. The quantitative estimate of drug-likeness (QED) is 0.680. The summed E-state index contributed by atoms with van der Waals surface area (Å²) in [5.41, 5.74) is -0.678. The Balaban J connectivity index is 2.36. The normalized spacial score (nSPS) is 13.0. The van der Waals surface area contributed by atoms with Crippen molar-refractivity contribution < 1.29 is 30.8 Å². The van der Waals surface area contributed by atoms with E-state index in [2.05, 4.69) is 5.32 Å². The van der Waals surface area contributed by atoms with E-state index in [-0.39, 0.29) is 16.9 Å². The number of aromatic nitrogens is 1. The first-order chi connectivity index (χ1) is 13.3. The van der Waals surface area contributed by atoms with Crippen molar-refractivity contribution in [2.75, 3.05) is 5.32 Å². The number of amides is 1. The van der Waals surface area contributed by atoms with E-state index in [1.807, 2.05) is 0 Å². The Hall–Kier alpha value is -2.62. The summed E-state index contributed by atoms with van der Waals surface area (Å²) in [5, 5.41) is 10.5. The number of nitrogens with zero attached hydrogens (tertiary/aromatic N) is 2. The number of halogens is 5. The summed E-state index contributed by atoms with van der Waals surface area (Å²) in [6, 6.07) is 2.36. The predicted octanol–water partition coefficient (Wildman–Crippen LogP) is 3.17. The van der Waals surface area contributed by atoms with Gasteiger partial charge >= 0.3 is 6.18 Å².